The summed E-state index contributed by atoms with van der Waals surface area (Å²) < 4.78 is 31.0. The first-order valence-electron chi connectivity index (χ1n) is 10.3. The van der Waals surface area contributed by atoms with Crippen molar-refractivity contribution in [2.75, 3.05) is 47.9 Å². The number of aromatic nitrogens is 3. The van der Waals surface area contributed by atoms with Crippen molar-refractivity contribution < 1.29 is 13.2 Å². The van der Waals surface area contributed by atoms with E-state index in [0.29, 0.717) is 25.4 Å². The summed E-state index contributed by atoms with van der Waals surface area (Å²) in [6.07, 6.45) is 6.67. The molecule has 0 atom stereocenters. The molecule has 0 amide bonds. The Hall–Kier alpha value is -3.22. The van der Waals surface area contributed by atoms with Crippen LogP contribution in [0.1, 0.15) is 10.6 Å². The molecule has 2 aliphatic rings. The molecular formula is C21H23N7O3S2. The Morgan fingerprint density at radius 1 is 1.12 bits per heavy atom. The summed E-state index contributed by atoms with van der Waals surface area (Å²) in [6, 6.07) is 7.24. The lowest BCUT2D eigenvalue weighted by atomic mass is 10.1. The number of benzene rings is 1. The van der Waals surface area contributed by atoms with Crippen LogP contribution in [0.2, 0.25) is 0 Å². The number of fused-ring (bicyclic) bond motifs is 1. The minimum atomic E-state index is -3.32. The number of thiazole rings is 1. The normalized spacial score (nSPS) is 16.3. The second-order valence-electron chi connectivity index (χ2n) is 7.79. The molecule has 172 valence electrons. The van der Waals surface area contributed by atoms with Crippen LogP contribution in [0.25, 0.3) is 16.3 Å². The largest absolute Gasteiger partial charge is 0.378 e. The maximum Gasteiger partial charge on any atom is 0.229 e. The van der Waals surface area contributed by atoms with E-state index < -0.39 is 10.0 Å². The summed E-state index contributed by atoms with van der Waals surface area (Å²) in [5, 5.41) is 0.875. The Balaban J connectivity index is 1.49. The van der Waals surface area contributed by atoms with Gasteiger partial charge in [-0.05, 0) is 24.3 Å². The van der Waals surface area contributed by atoms with Gasteiger partial charge in [0.15, 0.2) is 0 Å². The molecule has 0 aliphatic carbocycles. The highest BCUT2D eigenvalue weighted by atomic mass is 32.2. The molecule has 1 fully saturated rings. The first kappa shape index (κ1) is 21.6. The first-order valence-corrected chi connectivity index (χ1v) is 13.0. The van der Waals surface area contributed by atoms with E-state index in [4.69, 9.17) is 15.5 Å². The average Bonchev–Trinajstić information content (AvgIpc) is 3.23. The number of morpholine rings is 1. The summed E-state index contributed by atoms with van der Waals surface area (Å²) in [5.41, 5.74) is 10.0. The van der Waals surface area contributed by atoms with Crippen LogP contribution >= 0.6 is 11.3 Å². The average molecular weight is 486 g/mol. The number of nitrogens with zero attached hydrogens (tertiary/aromatic N) is 5. The molecule has 12 heteroatoms. The number of nitrogens with one attached hydrogen (secondary N) is 1. The van der Waals surface area contributed by atoms with E-state index in [2.05, 4.69) is 30.7 Å². The number of hydrogen-bond donors (Lipinski definition) is 2. The van der Waals surface area contributed by atoms with Gasteiger partial charge < -0.3 is 20.3 Å². The zero-order chi connectivity index (χ0) is 23.0. The third-order valence-corrected chi connectivity index (χ3v) is 7.08. The summed E-state index contributed by atoms with van der Waals surface area (Å²) in [4.78, 5) is 18.7. The molecule has 3 N–H and O–H groups in total. The molecule has 3 aromatic rings. The smallest absolute Gasteiger partial charge is 0.229 e. The van der Waals surface area contributed by atoms with Crippen LogP contribution in [0, 0.1) is 0 Å². The van der Waals surface area contributed by atoms with Crippen LogP contribution in [0.4, 0.5) is 17.3 Å². The zero-order valence-corrected chi connectivity index (χ0v) is 19.6. The van der Waals surface area contributed by atoms with Crippen LogP contribution in [-0.2, 0) is 21.3 Å². The van der Waals surface area contributed by atoms with Gasteiger partial charge >= 0.3 is 0 Å². The van der Waals surface area contributed by atoms with Gasteiger partial charge in [0.25, 0.3) is 0 Å². The molecule has 0 unspecified atom stereocenters. The fraction of sp³-hybridized carbons (Fsp3) is 0.286. The van der Waals surface area contributed by atoms with Crippen molar-refractivity contribution in [1.82, 2.24) is 19.9 Å². The van der Waals surface area contributed by atoms with E-state index in [9.17, 15) is 8.42 Å². The van der Waals surface area contributed by atoms with Gasteiger partial charge in [-0.2, -0.15) is 0 Å². The van der Waals surface area contributed by atoms with Crippen molar-refractivity contribution in [3.05, 3.63) is 53.4 Å². The second kappa shape index (κ2) is 8.61. The number of anilines is 3. The van der Waals surface area contributed by atoms with Crippen LogP contribution in [-0.4, -0.2) is 60.8 Å². The van der Waals surface area contributed by atoms with E-state index in [1.807, 2.05) is 12.1 Å². The third kappa shape index (κ3) is 4.77. The minimum Gasteiger partial charge on any atom is -0.378 e. The fourth-order valence-corrected chi connectivity index (χ4v) is 5.45. The third-order valence-electron chi connectivity index (χ3n) is 5.30. The lowest BCUT2D eigenvalue weighted by Crippen LogP contribution is -2.37. The Labute approximate surface area is 195 Å². The molecule has 10 nitrogen and oxygen atoms in total. The van der Waals surface area contributed by atoms with Crippen LogP contribution in [0.5, 0.6) is 0 Å². The molecule has 4 heterocycles. The number of rotatable bonds is 5. The zero-order valence-electron chi connectivity index (χ0n) is 17.9. The second-order valence-corrected chi connectivity index (χ2v) is 10.5. The number of hydrogen-bond acceptors (Lipinski definition) is 10. The van der Waals surface area contributed by atoms with E-state index in [1.165, 1.54) is 0 Å². The molecule has 33 heavy (non-hydrogen) atoms. The van der Waals surface area contributed by atoms with Gasteiger partial charge in [0, 0.05) is 30.5 Å². The van der Waals surface area contributed by atoms with E-state index in [0.717, 1.165) is 51.9 Å². The van der Waals surface area contributed by atoms with Crippen LogP contribution in [0.3, 0.4) is 0 Å². The standard InChI is InChI=1S/C21H23N7O3S2/c1-33(29,30)26-15-4-2-14(3-5-15)20-25-17-12-28(16-10-23-21(22)24-11-16)13-18(19(17)32-20)27-6-8-31-9-7-27/h2-5,10-11,13,26H,6-9,12H2,1H3,(H2,22,23,24). The molecular weight excluding hydrogens is 462 g/mol. The van der Waals surface area contributed by atoms with E-state index in [-0.39, 0.29) is 5.95 Å². The van der Waals surface area contributed by atoms with Gasteiger partial charge in [-0.25, -0.2) is 23.4 Å². The fourth-order valence-electron chi connectivity index (χ4n) is 3.77. The SMILES string of the molecule is CS(=O)(=O)Nc1ccc(-c2nc3c(s2)C(N2CCOCC2)=CN(c2cnc(N)nc2)C3)cc1. The van der Waals surface area contributed by atoms with Crippen molar-refractivity contribution in [3.8, 4) is 10.6 Å². The number of nitrogens with two attached hydrogens (primary N) is 1. The monoisotopic (exact) mass is 485 g/mol. The molecule has 2 aromatic heterocycles. The molecule has 1 aromatic carbocycles. The molecule has 0 bridgehead atoms. The lowest BCUT2D eigenvalue weighted by molar-refractivity contribution is 0.0638. The number of ether oxygens (including phenoxy) is 1. The van der Waals surface area contributed by atoms with Crippen molar-refractivity contribution in [2.45, 2.75) is 6.54 Å². The molecule has 0 spiro atoms. The van der Waals surface area contributed by atoms with Crippen molar-refractivity contribution in [1.29, 1.82) is 0 Å². The number of nitrogen functional groups attached to an aromatic ring is 1. The summed E-state index contributed by atoms with van der Waals surface area (Å²) in [6.45, 7) is 3.55. The van der Waals surface area contributed by atoms with Gasteiger partial charge in [0.05, 0.1) is 60.4 Å². The minimum absolute atomic E-state index is 0.235. The molecule has 0 radical (unpaired) electrons. The summed E-state index contributed by atoms with van der Waals surface area (Å²) >= 11 is 1.63. The lowest BCUT2D eigenvalue weighted by Gasteiger charge is -2.35. The Morgan fingerprint density at radius 3 is 2.48 bits per heavy atom. The van der Waals surface area contributed by atoms with Crippen LogP contribution < -0.4 is 15.4 Å². The van der Waals surface area contributed by atoms with Gasteiger partial charge in [-0.15, -0.1) is 11.3 Å². The van der Waals surface area contributed by atoms with Gasteiger partial charge in [-0.1, -0.05) is 0 Å². The van der Waals surface area contributed by atoms with Crippen LogP contribution in [0.15, 0.2) is 42.9 Å². The number of sulfonamides is 1. The Morgan fingerprint density at radius 2 is 1.82 bits per heavy atom. The molecule has 2 aliphatic heterocycles. The Bertz CT molecular complexity index is 1280. The quantitative estimate of drug-likeness (QED) is 0.559. The molecule has 0 saturated carbocycles. The maximum absolute atomic E-state index is 11.5. The predicted octanol–water partition coefficient (Wildman–Crippen LogP) is 2.20. The van der Waals surface area contributed by atoms with Gasteiger partial charge in [-0.3, -0.25) is 4.72 Å². The topological polar surface area (TPSA) is 127 Å². The highest BCUT2D eigenvalue weighted by Gasteiger charge is 2.28. The summed E-state index contributed by atoms with van der Waals surface area (Å²) in [7, 11) is -3.32. The van der Waals surface area contributed by atoms with Gasteiger partial charge in [0.1, 0.15) is 5.01 Å². The van der Waals surface area contributed by atoms with Crippen molar-refractivity contribution in [2.24, 2.45) is 0 Å². The molecule has 1 saturated heterocycles. The first-order chi connectivity index (χ1) is 15.9. The van der Waals surface area contributed by atoms with E-state index in [1.54, 1.807) is 35.9 Å². The highest BCUT2D eigenvalue weighted by Crippen LogP contribution is 2.39. The van der Waals surface area contributed by atoms with Crippen molar-refractivity contribution in [3.63, 3.8) is 0 Å². The van der Waals surface area contributed by atoms with Gasteiger partial charge in [0.2, 0.25) is 16.0 Å². The van der Waals surface area contributed by atoms with E-state index >= 15 is 0 Å². The highest BCUT2D eigenvalue weighted by molar-refractivity contribution is 7.92. The summed E-state index contributed by atoms with van der Waals surface area (Å²) in [5.74, 6) is 0.235. The Kier molecular flexibility index (Phi) is 5.64. The predicted molar refractivity (Wildman–Crippen MR) is 129 cm³/mol. The maximum atomic E-state index is 11.5. The molecule has 5 rings (SSSR count). The van der Waals surface area contributed by atoms with Crippen molar-refractivity contribution >= 4 is 44.4 Å².